The molecular formula is C19H20ClNO3S. The maximum absolute atomic E-state index is 12.2. The summed E-state index contributed by atoms with van der Waals surface area (Å²) in [5.74, 6) is -0.0865. The summed E-state index contributed by atoms with van der Waals surface area (Å²) in [5, 5.41) is 3.37. The maximum Gasteiger partial charge on any atom is 0.348 e. The van der Waals surface area contributed by atoms with E-state index in [0.29, 0.717) is 22.4 Å². The van der Waals surface area contributed by atoms with Crippen molar-refractivity contribution < 1.29 is 14.3 Å². The van der Waals surface area contributed by atoms with Gasteiger partial charge in [-0.2, -0.15) is 0 Å². The first-order valence-corrected chi connectivity index (χ1v) is 9.50. The van der Waals surface area contributed by atoms with Crippen LogP contribution in [0.1, 0.15) is 39.0 Å². The standard InChI is InChI=1S/C19H20ClNO3S/c1-12-2-7-16-14(8-12)9-17(25-16)19(23)24-11-18(22)21-10-13-3-5-15(20)6-4-13/h3-6,9,12H,2,7-8,10-11H2,1H3,(H,21,22)/t12-/m1/s1. The van der Waals surface area contributed by atoms with Crippen LogP contribution in [0, 0.1) is 5.92 Å². The molecule has 0 saturated carbocycles. The Morgan fingerprint density at radius 1 is 1.32 bits per heavy atom. The average molecular weight is 378 g/mol. The van der Waals surface area contributed by atoms with Gasteiger partial charge in [-0.15, -0.1) is 11.3 Å². The zero-order valence-corrected chi connectivity index (χ0v) is 15.6. The minimum absolute atomic E-state index is 0.272. The van der Waals surface area contributed by atoms with Crippen LogP contribution in [0.25, 0.3) is 0 Å². The van der Waals surface area contributed by atoms with Gasteiger partial charge in [0, 0.05) is 16.4 Å². The maximum atomic E-state index is 12.2. The second-order valence-corrected chi connectivity index (χ2v) is 7.96. The van der Waals surface area contributed by atoms with E-state index < -0.39 is 5.97 Å². The van der Waals surface area contributed by atoms with Gasteiger partial charge in [0.1, 0.15) is 4.88 Å². The predicted octanol–water partition coefficient (Wildman–Crippen LogP) is 4.00. The summed E-state index contributed by atoms with van der Waals surface area (Å²) in [4.78, 5) is 25.9. The number of rotatable bonds is 5. The number of nitrogens with one attached hydrogen (secondary N) is 1. The predicted molar refractivity (Wildman–Crippen MR) is 99.1 cm³/mol. The second kappa shape index (κ2) is 8.02. The lowest BCUT2D eigenvalue weighted by Crippen LogP contribution is -2.28. The molecule has 0 saturated heterocycles. The van der Waals surface area contributed by atoms with Gasteiger partial charge in [0.05, 0.1) is 0 Å². The highest BCUT2D eigenvalue weighted by Gasteiger charge is 2.21. The minimum atomic E-state index is -0.423. The Morgan fingerprint density at radius 2 is 2.08 bits per heavy atom. The molecule has 3 rings (SSSR count). The topological polar surface area (TPSA) is 55.4 Å². The zero-order valence-electron chi connectivity index (χ0n) is 14.0. The van der Waals surface area contributed by atoms with Gasteiger partial charge in [-0.25, -0.2) is 4.79 Å². The number of esters is 1. The third-order valence-corrected chi connectivity index (χ3v) is 5.74. The zero-order chi connectivity index (χ0) is 17.8. The summed E-state index contributed by atoms with van der Waals surface area (Å²) in [6.45, 7) is 2.33. The first-order chi connectivity index (χ1) is 12.0. The number of benzene rings is 1. The number of halogens is 1. The Morgan fingerprint density at radius 3 is 2.84 bits per heavy atom. The first-order valence-electron chi connectivity index (χ1n) is 8.31. The SMILES string of the molecule is C[C@@H]1CCc2sc(C(=O)OCC(=O)NCc3ccc(Cl)cc3)cc2C1. The molecule has 0 radical (unpaired) electrons. The summed E-state index contributed by atoms with van der Waals surface area (Å²) in [6.07, 6.45) is 3.20. The number of ether oxygens (including phenoxy) is 1. The Balaban J connectivity index is 1.47. The highest BCUT2D eigenvalue weighted by atomic mass is 35.5. The molecule has 0 unspecified atom stereocenters. The first kappa shape index (κ1) is 18.0. The van der Waals surface area contributed by atoms with E-state index in [1.165, 1.54) is 21.8 Å². The highest BCUT2D eigenvalue weighted by molar-refractivity contribution is 7.14. The number of carbonyl (C=O) groups is 2. The fourth-order valence-electron chi connectivity index (χ4n) is 2.86. The van der Waals surface area contributed by atoms with E-state index in [4.69, 9.17) is 16.3 Å². The Hall–Kier alpha value is -1.85. The second-order valence-electron chi connectivity index (χ2n) is 6.39. The molecule has 0 fully saturated rings. The third kappa shape index (κ3) is 4.83. The fourth-order valence-corrected chi connectivity index (χ4v) is 4.09. The van der Waals surface area contributed by atoms with Crippen LogP contribution >= 0.6 is 22.9 Å². The van der Waals surface area contributed by atoms with Gasteiger partial charge >= 0.3 is 5.97 Å². The molecule has 1 N–H and O–H groups in total. The third-order valence-electron chi connectivity index (χ3n) is 4.27. The van der Waals surface area contributed by atoms with E-state index in [2.05, 4.69) is 12.2 Å². The summed E-state index contributed by atoms with van der Waals surface area (Å²) >= 11 is 7.31. The average Bonchev–Trinajstić information content (AvgIpc) is 3.02. The molecule has 1 aromatic carbocycles. The van der Waals surface area contributed by atoms with Crippen molar-refractivity contribution in [2.75, 3.05) is 6.61 Å². The molecule has 2 aromatic rings. The molecule has 25 heavy (non-hydrogen) atoms. The van der Waals surface area contributed by atoms with Crippen molar-refractivity contribution in [1.29, 1.82) is 0 Å². The van der Waals surface area contributed by atoms with Crippen LogP contribution in [0.3, 0.4) is 0 Å². The Kier molecular flexibility index (Phi) is 5.76. The van der Waals surface area contributed by atoms with Crippen LogP contribution < -0.4 is 5.32 Å². The molecule has 0 spiro atoms. The number of hydrogen-bond donors (Lipinski definition) is 1. The molecule has 6 heteroatoms. The van der Waals surface area contributed by atoms with Crippen molar-refractivity contribution in [2.45, 2.75) is 32.7 Å². The summed E-state index contributed by atoms with van der Waals surface area (Å²) < 4.78 is 5.14. The molecule has 1 aliphatic carbocycles. The van der Waals surface area contributed by atoms with Crippen LogP contribution in [-0.2, 0) is 28.9 Å². The molecule has 0 aliphatic heterocycles. The lowest BCUT2D eigenvalue weighted by molar-refractivity contribution is -0.124. The van der Waals surface area contributed by atoms with E-state index in [1.54, 1.807) is 12.1 Å². The van der Waals surface area contributed by atoms with Crippen LogP contribution in [0.15, 0.2) is 30.3 Å². The molecule has 132 valence electrons. The van der Waals surface area contributed by atoms with Gasteiger partial charge in [-0.3, -0.25) is 4.79 Å². The fraction of sp³-hybridized carbons (Fsp3) is 0.368. The van der Waals surface area contributed by atoms with Gasteiger partial charge in [0.25, 0.3) is 5.91 Å². The number of aryl methyl sites for hydroxylation is 1. The number of hydrogen-bond acceptors (Lipinski definition) is 4. The van der Waals surface area contributed by atoms with Crippen LogP contribution in [0.4, 0.5) is 0 Å². The van der Waals surface area contributed by atoms with Crippen LogP contribution in [0.5, 0.6) is 0 Å². The van der Waals surface area contributed by atoms with Crippen LogP contribution in [0.2, 0.25) is 5.02 Å². The lowest BCUT2D eigenvalue weighted by atomic mass is 9.90. The van der Waals surface area contributed by atoms with E-state index in [9.17, 15) is 9.59 Å². The number of amides is 1. The molecule has 4 nitrogen and oxygen atoms in total. The molecular weight excluding hydrogens is 358 g/mol. The quantitative estimate of drug-likeness (QED) is 0.801. The van der Waals surface area contributed by atoms with Crippen LogP contribution in [-0.4, -0.2) is 18.5 Å². The van der Waals surface area contributed by atoms with Gasteiger partial charge in [0.15, 0.2) is 6.61 Å². The number of carbonyl (C=O) groups excluding carboxylic acids is 2. The van der Waals surface area contributed by atoms with Crippen molar-refractivity contribution in [3.63, 3.8) is 0 Å². The van der Waals surface area contributed by atoms with Gasteiger partial charge < -0.3 is 10.1 Å². The largest absolute Gasteiger partial charge is 0.451 e. The van der Waals surface area contributed by atoms with E-state index in [0.717, 1.165) is 24.8 Å². The monoisotopic (exact) mass is 377 g/mol. The summed E-state index contributed by atoms with van der Waals surface area (Å²) in [6, 6.07) is 9.13. The van der Waals surface area contributed by atoms with Crippen molar-refractivity contribution in [2.24, 2.45) is 5.92 Å². The molecule has 1 aliphatic rings. The molecule has 1 amide bonds. The van der Waals surface area contributed by atoms with E-state index in [-0.39, 0.29) is 12.5 Å². The van der Waals surface area contributed by atoms with E-state index >= 15 is 0 Å². The van der Waals surface area contributed by atoms with Crippen molar-refractivity contribution in [3.8, 4) is 0 Å². The number of fused-ring (bicyclic) bond motifs is 1. The Labute approximate surface area is 156 Å². The number of thiophene rings is 1. The van der Waals surface area contributed by atoms with Crippen molar-refractivity contribution in [3.05, 3.63) is 56.2 Å². The summed E-state index contributed by atoms with van der Waals surface area (Å²) in [7, 11) is 0. The summed E-state index contributed by atoms with van der Waals surface area (Å²) in [5.41, 5.74) is 2.19. The molecule has 1 aromatic heterocycles. The van der Waals surface area contributed by atoms with Gasteiger partial charge in [-0.05, 0) is 54.5 Å². The minimum Gasteiger partial charge on any atom is -0.451 e. The van der Waals surface area contributed by atoms with Gasteiger partial charge in [0.2, 0.25) is 0 Å². The highest BCUT2D eigenvalue weighted by Crippen LogP contribution is 2.32. The molecule has 1 atom stereocenters. The lowest BCUT2D eigenvalue weighted by Gasteiger charge is -2.16. The normalized spacial score (nSPS) is 16.2. The Bertz CT molecular complexity index is 769. The van der Waals surface area contributed by atoms with Crippen molar-refractivity contribution in [1.82, 2.24) is 5.32 Å². The van der Waals surface area contributed by atoms with Gasteiger partial charge in [-0.1, -0.05) is 30.7 Å². The smallest absolute Gasteiger partial charge is 0.348 e. The molecule has 1 heterocycles. The molecule has 0 bridgehead atoms. The van der Waals surface area contributed by atoms with E-state index in [1.807, 2.05) is 18.2 Å². The van der Waals surface area contributed by atoms with Crippen molar-refractivity contribution >= 4 is 34.8 Å².